The van der Waals surface area contributed by atoms with Gasteiger partial charge in [-0.15, -0.1) is 11.3 Å². The van der Waals surface area contributed by atoms with E-state index in [0.29, 0.717) is 5.92 Å². The lowest BCUT2D eigenvalue weighted by Crippen LogP contribution is -2.39. The molecular formula is C18H20N4OS. The molecule has 0 saturated carbocycles. The van der Waals surface area contributed by atoms with E-state index >= 15 is 0 Å². The van der Waals surface area contributed by atoms with Crippen molar-refractivity contribution in [2.45, 2.75) is 32.6 Å². The molecule has 24 heavy (non-hydrogen) atoms. The van der Waals surface area contributed by atoms with E-state index in [1.807, 2.05) is 37.1 Å². The molecule has 0 aliphatic carbocycles. The number of amides is 1. The van der Waals surface area contributed by atoms with Gasteiger partial charge in [0, 0.05) is 30.9 Å². The van der Waals surface area contributed by atoms with Crippen LogP contribution in [0.1, 0.15) is 44.8 Å². The third-order valence-electron chi connectivity index (χ3n) is 4.66. The highest BCUT2D eigenvalue weighted by molar-refractivity contribution is 7.13. The zero-order valence-corrected chi connectivity index (χ0v) is 14.7. The number of thiazole rings is 1. The van der Waals surface area contributed by atoms with E-state index in [2.05, 4.69) is 21.0 Å². The summed E-state index contributed by atoms with van der Waals surface area (Å²) < 4.78 is 0. The van der Waals surface area contributed by atoms with Crippen LogP contribution in [-0.2, 0) is 0 Å². The molecule has 1 atom stereocenters. The van der Waals surface area contributed by atoms with Crippen molar-refractivity contribution in [3.05, 3.63) is 45.7 Å². The predicted octanol–water partition coefficient (Wildman–Crippen LogP) is 3.66. The van der Waals surface area contributed by atoms with Crippen LogP contribution in [0.5, 0.6) is 0 Å². The lowest BCUT2D eigenvalue weighted by Gasteiger charge is -2.32. The van der Waals surface area contributed by atoms with Gasteiger partial charge in [0.2, 0.25) is 0 Å². The molecule has 6 heteroatoms. The van der Waals surface area contributed by atoms with Crippen molar-refractivity contribution in [1.29, 1.82) is 0 Å². The van der Waals surface area contributed by atoms with Crippen LogP contribution in [0.2, 0.25) is 0 Å². The summed E-state index contributed by atoms with van der Waals surface area (Å²) in [4.78, 5) is 27.9. The molecule has 1 saturated heterocycles. The van der Waals surface area contributed by atoms with Gasteiger partial charge in [-0.1, -0.05) is 0 Å². The SMILES string of the molecule is Cc1nc(C)c(C(=O)N2CCCC(c3cc4ncccc4[nH]3)C2)s1. The van der Waals surface area contributed by atoms with E-state index in [-0.39, 0.29) is 5.91 Å². The Morgan fingerprint density at radius 3 is 3.04 bits per heavy atom. The maximum Gasteiger partial charge on any atom is 0.265 e. The predicted molar refractivity (Wildman–Crippen MR) is 95.6 cm³/mol. The van der Waals surface area contributed by atoms with Crippen LogP contribution < -0.4 is 0 Å². The third kappa shape index (κ3) is 2.71. The standard InChI is InChI=1S/C18H20N4OS/c1-11-17(24-12(2)20-11)18(23)22-8-4-5-13(10-22)15-9-16-14(21-15)6-3-7-19-16/h3,6-7,9,13,21H,4-5,8,10H2,1-2H3. The van der Waals surface area contributed by atoms with E-state index in [9.17, 15) is 4.79 Å². The van der Waals surface area contributed by atoms with Gasteiger partial charge in [0.1, 0.15) is 4.88 Å². The van der Waals surface area contributed by atoms with Gasteiger partial charge in [-0.25, -0.2) is 4.98 Å². The first kappa shape index (κ1) is 15.3. The highest BCUT2D eigenvalue weighted by Gasteiger charge is 2.28. The first-order valence-electron chi connectivity index (χ1n) is 8.29. The molecule has 4 heterocycles. The number of aromatic amines is 1. The molecule has 1 unspecified atom stereocenters. The van der Waals surface area contributed by atoms with Gasteiger partial charge >= 0.3 is 0 Å². The molecular weight excluding hydrogens is 320 g/mol. The largest absolute Gasteiger partial charge is 0.357 e. The van der Waals surface area contributed by atoms with Crippen LogP contribution >= 0.6 is 11.3 Å². The van der Waals surface area contributed by atoms with Crippen LogP contribution in [0.3, 0.4) is 0 Å². The molecule has 0 aromatic carbocycles. The fourth-order valence-electron chi connectivity index (χ4n) is 3.49. The molecule has 0 spiro atoms. The number of hydrogen-bond acceptors (Lipinski definition) is 4. The maximum absolute atomic E-state index is 12.9. The highest BCUT2D eigenvalue weighted by atomic mass is 32.1. The Labute approximate surface area is 144 Å². The highest BCUT2D eigenvalue weighted by Crippen LogP contribution is 2.30. The minimum Gasteiger partial charge on any atom is -0.357 e. The van der Waals surface area contributed by atoms with E-state index in [1.54, 1.807) is 0 Å². The molecule has 124 valence electrons. The topological polar surface area (TPSA) is 61.9 Å². The Kier molecular flexibility index (Phi) is 3.84. The van der Waals surface area contributed by atoms with Crippen molar-refractivity contribution in [2.75, 3.05) is 13.1 Å². The second kappa shape index (κ2) is 6.02. The number of H-pyrrole nitrogens is 1. The zero-order valence-electron chi connectivity index (χ0n) is 13.9. The first-order chi connectivity index (χ1) is 11.6. The fraction of sp³-hybridized carbons (Fsp3) is 0.389. The minimum atomic E-state index is 0.122. The number of pyridine rings is 1. The van der Waals surface area contributed by atoms with Gasteiger partial charge in [-0.05, 0) is 44.9 Å². The van der Waals surface area contributed by atoms with Crippen LogP contribution in [0.4, 0.5) is 0 Å². The zero-order chi connectivity index (χ0) is 16.7. The van der Waals surface area contributed by atoms with E-state index in [0.717, 1.165) is 52.5 Å². The maximum atomic E-state index is 12.9. The van der Waals surface area contributed by atoms with Crippen molar-refractivity contribution in [1.82, 2.24) is 19.9 Å². The molecule has 3 aromatic rings. The quantitative estimate of drug-likeness (QED) is 0.774. The summed E-state index contributed by atoms with van der Waals surface area (Å²) in [6.45, 7) is 5.44. The van der Waals surface area contributed by atoms with Gasteiger partial charge < -0.3 is 9.88 Å². The fourth-order valence-corrected chi connectivity index (χ4v) is 4.37. The third-order valence-corrected chi connectivity index (χ3v) is 5.72. The number of piperidine rings is 1. The summed E-state index contributed by atoms with van der Waals surface area (Å²) in [5.41, 5.74) is 4.08. The van der Waals surface area contributed by atoms with Gasteiger partial charge in [0.05, 0.1) is 21.7 Å². The molecule has 1 amide bonds. The minimum absolute atomic E-state index is 0.122. The number of likely N-dealkylation sites (tertiary alicyclic amines) is 1. The number of nitrogens with one attached hydrogen (secondary N) is 1. The smallest absolute Gasteiger partial charge is 0.265 e. The number of carbonyl (C=O) groups excluding carboxylic acids is 1. The average molecular weight is 340 g/mol. The number of nitrogens with zero attached hydrogens (tertiary/aromatic N) is 3. The normalized spacial score (nSPS) is 18.2. The van der Waals surface area contributed by atoms with Crippen molar-refractivity contribution in [3.63, 3.8) is 0 Å². The second-order valence-corrected chi connectivity index (χ2v) is 7.60. The molecule has 1 N–H and O–H groups in total. The number of carbonyl (C=O) groups is 1. The number of aryl methyl sites for hydroxylation is 2. The van der Waals surface area contributed by atoms with Crippen molar-refractivity contribution >= 4 is 28.3 Å². The number of aromatic nitrogens is 3. The second-order valence-electron chi connectivity index (χ2n) is 6.40. The van der Waals surface area contributed by atoms with E-state index in [4.69, 9.17) is 0 Å². The number of hydrogen-bond donors (Lipinski definition) is 1. The van der Waals surface area contributed by atoms with Crippen LogP contribution in [-0.4, -0.2) is 38.8 Å². The molecule has 0 radical (unpaired) electrons. The first-order valence-corrected chi connectivity index (χ1v) is 9.10. The van der Waals surface area contributed by atoms with Crippen molar-refractivity contribution in [2.24, 2.45) is 0 Å². The monoisotopic (exact) mass is 340 g/mol. The van der Waals surface area contributed by atoms with E-state index < -0.39 is 0 Å². The van der Waals surface area contributed by atoms with E-state index in [1.165, 1.54) is 17.0 Å². The Balaban J connectivity index is 1.57. The van der Waals surface area contributed by atoms with Crippen molar-refractivity contribution in [3.8, 4) is 0 Å². The number of rotatable bonds is 2. The summed E-state index contributed by atoms with van der Waals surface area (Å²) in [6.07, 6.45) is 3.93. The molecule has 1 aliphatic rings. The lowest BCUT2D eigenvalue weighted by atomic mass is 9.94. The Hall–Kier alpha value is -2.21. The Morgan fingerprint density at radius 1 is 1.42 bits per heavy atom. The Morgan fingerprint density at radius 2 is 2.29 bits per heavy atom. The van der Waals surface area contributed by atoms with Gasteiger partial charge in [0.15, 0.2) is 0 Å². The Bertz CT molecular complexity index is 864. The summed E-state index contributed by atoms with van der Waals surface area (Å²) in [7, 11) is 0. The van der Waals surface area contributed by atoms with Crippen LogP contribution in [0.15, 0.2) is 24.4 Å². The van der Waals surface area contributed by atoms with Crippen molar-refractivity contribution < 1.29 is 4.79 Å². The summed E-state index contributed by atoms with van der Waals surface area (Å²) in [5, 5.41) is 0.950. The summed E-state index contributed by atoms with van der Waals surface area (Å²) >= 11 is 1.50. The molecule has 4 rings (SSSR count). The summed E-state index contributed by atoms with van der Waals surface area (Å²) in [5.74, 6) is 0.461. The summed E-state index contributed by atoms with van der Waals surface area (Å²) in [6, 6.07) is 6.10. The molecule has 1 aliphatic heterocycles. The van der Waals surface area contributed by atoms with Gasteiger partial charge in [-0.3, -0.25) is 9.78 Å². The number of fused-ring (bicyclic) bond motifs is 1. The van der Waals surface area contributed by atoms with Crippen LogP contribution in [0, 0.1) is 13.8 Å². The lowest BCUT2D eigenvalue weighted by molar-refractivity contribution is 0.0710. The van der Waals surface area contributed by atoms with Crippen LogP contribution in [0.25, 0.3) is 11.0 Å². The average Bonchev–Trinajstić information content (AvgIpc) is 3.17. The van der Waals surface area contributed by atoms with Gasteiger partial charge in [-0.2, -0.15) is 0 Å². The molecule has 1 fully saturated rings. The molecule has 3 aromatic heterocycles. The molecule has 0 bridgehead atoms. The van der Waals surface area contributed by atoms with Gasteiger partial charge in [0.25, 0.3) is 5.91 Å². The molecule has 5 nitrogen and oxygen atoms in total.